The highest BCUT2D eigenvalue weighted by Crippen LogP contribution is 2.24. The van der Waals surface area contributed by atoms with Crippen molar-refractivity contribution in [1.82, 2.24) is 9.59 Å². The van der Waals surface area contributed by atoms with Gasteiger partial charge < -0.3 is 10.8 Å². The Morgan fingerprint density at radius 3 is 2.68 bits per heavy atom. The molecule has 0 atom stereocenters. The Balaban J connectivity index is 2.39. The number of aliphatic carboxylic acids is 1. The van der Waals surface area contributed by atoms with E-state index in [4.69, 9.17) is 10.8 Å². The van der Waals surface area contributed by atoms with Crippen molar-refractivity contribution < 1.29 is 14.7 Å². The lowest BCUT2D eigenvalue weighted by Crippen LogP contribution is -2.35. The van der Waals surface area contributed by atoms with E-state index in [0.717, 1.165) is 16.4 Å². The summed E-state index contributed by atoms with van der Waals surface area (Å²) in [5.41, 5.74) is 6.45. The van der Waals surface area contributed by atoms with Gasteiger partial charge in [0.05, 0.1) is 17.6 Å². The third-order valence-electron chi connectivity index (χ3n) is 2.34. The van der Waals surface area contributed by atoms with Gasteiger partial charge in [0.1, 0.15) is 11.4 Å². The maximum atomic E-state index is 12.2. The number of benzene rings is 1. The minimum absolute atomic E-state index is 0.254. The second-order valence-corrected chi connectivity index (χ2v) is 4.41. The summed E-state index contributed by atoms with van der Waals surface area (Å²) in [6.07, 6.45) is 1.29. The maximum Gasteiger partial charge on any atom is 0.323 e. The van der Waals surface area contributed by atoms with Crippen molar-refractivity contribution >= 4 is 34.8 Å². The van der Waals surface area contributed by atoms with Crippen molar-refractivity contribution in [1.29, 1.82) is 0 Å². The average Bonchev–Trinajstić information content (AvgIpc) is 2.90. The molecule has 1 aromatic heterocycles. The van der Waals surface area contributed by atoms with Crippen LogP contribution in [-0.4, -0.2) is 33.1 Å². The van der Waals surface area contributed by atoms with Crippen LogP contribution in [0.15, 0.2) is 30.5 Å². The predicted octanol–water partition coefficient (Wildman–Crippen LogP) is 0.852. The number of nitrogens with two attached hydrogens (primary N) is 1. The molecule has 3 N–H and O–H groups in total. The molecule has 1 aromatic carbocycles. The first kappa shape index (κ1) is 13.0. The number of aromatic nitrogens is 2. The van der Waals surface area contributed by atoms with Crippen LogP contribution in [0.3, 0.4) is 0 Å². The number of anilines is 2. The molecule has 2 rings (SSSR count). The quantitative estimate of drug-likeness (QED) is 0.802. The highest BCUT2D eigenvalue weighted by atomic mass is 32.1. The number of rotatable bonds is 4. The van der Waals surface area contributed by atoms with Gasteiger partial charge in [0.15, 0.2) is 0 Å². The standard InChI is InChI=1S/C11H10N4O3S/c12-7-3-1-2-4-8(7)15(6-10(16)17)11(18)9-5-13-14-19-9/h1-5H,6,12H2,(H,16,17). The molecule has 0 saturated heterocycles. The molecular formula is C11H10N4O3S. The monoisotopic (exact) mass is 278 g/mol. The number of amides is 1. The third kappa shape index (κ3) is 2.86. The average molecular weight is 278 g/mol. The molecule has 2 aromatic rings. The molecule has 0 aliphatic carbocycles. The Morgan fingerprint density at radius 2 is 2.11 bits per heavy atom. The zero-order valence-electron chi connectivity index (χ0n) is 9.68. The first-order valence-corrected chi connectivity index (χ1v) is 6.02. The van der Waals surface area contributed by atoms with Gasteiger partial charge in [-0.15, -0.1) is 5.10 Å². The molecule has 1 amide bonds. The summed E-state index contributed by atoms with van der Waals surface area (Å²) in [6.45, 7) is -0.481. The van der Waals surface area contributed by atoms with Crippen LogP contribution in [0, 0.1) is 0 Å². The Morgan fingerprint density at radius 1 is 1.37 bits per heavy atom. The maximum absolute atomic E-state index is 12.2. The van der Waals surface area contributed by atoms with Crippen LogP contribution in [0.5, 0.6) is 0 Å². The van der Waals surface area contributed by atoms with E-state index in [1.54, 1.807) is 24.3 Å². The first-order valence-electron chi connectivity index (χ1n) is 5.25. The van der Waals surface area contributed by atoms with E-state index in [0.29, 0.717) is 11.4 Å². The number of hydrogen-bond donors (Lipinski definition) is 2. The fourth-order valence-electron chi connectivity index (χ4n) is 1.53. The smallest absolute Gasteiger partial charge is 0.323 e. The fraction of sp³-hybridized carbons (Fsp3) is 0.0909. The van der Waals surface area contributed by atoms with E-state index in [1.165, 1.54) is 6.20 Å². The Labute approximate surface area is 112 Å². The lowest BCUT2D eigenvalue weighted by molar-refractivity contribution is -0.135. The van der Waals surface area contributed by atoms with Crippen molar-refractivity contribution in [3.63, 3.8) is 0 Å². The summed E-state index contributed by atoms with van der Waals surface area (Å²) in [4.78, 5) is 24.5. The molecule has 0 fully saturated rings. The second-order valence-electron chi connectivity index (χ2n) is 3.63. The van der Waals surface area contributed by atoms with Crippen LogP contribution in [0.2, 0.25) is 0 Å². The number of carboxylic acids is 1. The molecule has 0 aliphatic heterocycles. The van der Waals surface area contributed by atoms with E-state index in [1.807, 2.05) is 0 Å². The summed E-state index contributed by atoms with van der Waals surface area (Å²) >= 11 is 0.901. The SMILES string of the molecule is Nc1ccccc1N(CC(=O)O)C(=O)c1cnns1. The number of nitrogen functional groups attached to an aromatic ring is 1. The van der Waals surface area contributed by atoms with E-state index >= 15 is 0 Å². The highest BCUT2D eigenvalue weighted by Gasteiger charge is 2.23. The lowest BCUT2D eigenvalue weighted by atomic mass is 10.2. The number of hydrogen-bond acceptors (Lipinski definition) is 6. The molecule has 0 bridgehead atoms. The molecule has 1 heterocycles. The largest absolute Gasteiger partial charge is 0.480 e. The molecule has 8 heteroatoms. The molecule has 0 spiro atoms. The van der Waals surface area contributed by atoms with Crippen LogP contribution < -0.4 is 10.6 Å². The van der Waals surface area contributed by atoms with Crippen LogP contribution in [0.1, 0.15) is 9.67 Å². The van der Waals surface area contributed by atoms with Crippen LogP contribution >= 0.6 is 11.5 Å². The van der Waals surface area contributed by atoms with Crippen molar-refractivity contribution in [3.8, 4) is 0 Å². The molecule has 0 aliphatic rings. The third-order valence-corrected chi connectivity index (χ3v) is 2.99. The van der Waals surface area contributed by atoms with Gasteiger partial charge in [0.2, 0.25) is 0 Å². The minimum atomic E-state index is -1.13. The van der Waals surface area contributed by atoms with Gasteiger partial charge >= 0.3 is 5.97 Å². The molecule has 19 heavy (non-hydrogen) atoms. The van der Waals surface area contributed by atoms with Crippen LogP contribution in [0.4, 0.5) is 11.4 Å². The molecule has 7 nitrogen and oxygen atoms in total. The minimum Gasteiger partial charge on any atom is -0.480 e. The van der Waals surface area contributed by atoms with Gasteiger partial charge in [-0.3, -0.25) is 14.5 Å². The summed E-state index contributed by atoms with van der Waals surface area (Å²) in [5.74, 6) is -1.62. The number of carbonyl (C=O) groups is 2. The number of nitrogens with zero attached hydrogens (tertiary/aromatic N) is 3. The van der Waals surface area contributed by atoms with E-state index < -0.39 is 18.4 Å². The van der Waals surface area contributed by atoms with E-state index in [9.17, 15) is 9.59 Å². The Bertz CT molecular complexity index is 600. The second kappa shape index (κ2) is 5.44. The van der Waals surface area contributed by atoms with Gasteiger partial charge in [-0.05, 0) is 23.7 Å². The van der Waals surface area contributed by atoms with E-state index in [-0.39, 0.29) is 4.88 Å². The zero-order valence-corrected chi connectivity index (χ0v) is 10.5. The van der Waals surface area contributed by atoms with Gasteiger partial charge in [-0.1, -0.05) is 16.6 Å². The molecule has 0 saturated carbocycles. The molecular weight excluding hydrogens is 268 g/mol. The Hall–Kier alpha value is -2.48. The van der Waals surface area contributed by atoms with Crippen molar-refractivity contribution in [3.05, 3.63) is 35.3 Å². The van der Waals surface area contributed by atoms with E-state index in [2.05, 4.69) is 9.59 Å². The fourth-order valence-corrected chi connectivity index (χ4v) is 1.99. The summed E-state index contributed by atoms with van der Waals surface area (Å²) in [6, 6.07) is 6.57. The normalized spacial score (nSPS) is 10.1. The number of carbonyl (C=O) groups excluding carboxylic acids is 1. The predicted molar refractivity (Wildman–Crippen MR) is 70.1 cm³/mol. The Kier molecular flexibility index (Phi) is 3.71. The number of para-hydroxylation sites is 2. The van der Waals surface area contributed by atoms with Gasteiger partial charge in [0.25, 0.3) is 5.91 Å². The molecule has 0 radical (unpaired) electrons. The van der Waals surface area contributed by atoms with Gasteiger partial charge in [-0.2, -0.15) is 0 Å². The molecule has 0 unspecified atom stereocenters. The van der Waals surface area contributed by atoms with Gasteiger partial charge in [0, 0.05) is 0 Å². The van der Waals surface area contributed by atoms with Crippen molar-refractivity contribution in [2.45, 2.75) is 0 Å². The van der Waals surface area contributed by atoms with Crippen LogP contribution in [0.25, 0.3) is 0 Å². The zero-order chi connectivity index (χ0) is 13.8. The van der Waals surface area contributed by atoms with Crippen molar-refractivity contribution in [2.75, 3.05) is 17.2 Å². The summed E-state index contributed by atoms with van der Waals surface area (Å²) in [5, 5.41) is 12.5. The lowest BCUT2D eigenvalue weighted by Gasteiger charge is -2.21. The topological polar surface area (TPSA) is 109 Å². The van der Waals surface area contributed by atoms with Gasteiger partial charge in [-0.25, -0.2) is 0 Å². The molecule has 98 valence electrons. The number of carboxylic acid groups (broad SMARTS) is 1. The summed E-state index contributed by atoms with van der Waals surface area (Å²) < 4.78 is 3.59. The van der Waals surface area contributed by atoms with Crippen LogP contribution in [-0.2, 0) is 4.79 Å². The first-order chi connectivity index (χ1) is 9.09. The van der Waals surface area contributed by atoms with Crippen molar-refractivity contribution in [2.24, 2.45) is 0 Å². The summed E-state index contributed by atoms with van der Waals surface area (Å²) in [7, 11) is 0. The highest BCUT2D eigenvalue weighted by molar-refractivity contribution is 7.07.